The van der Waals surface area contributed by atoms with Crippen molar-refractivity contribution < 1.29 is 14.2 Å². The minimum Gasteiger partial charge on any atom is -0.497 e. The Morgan fingerprint density at radius 1 is 1.11 bits per heavy atom. The Labute approximate surface area is 175 Å². The highest BCUT2D eigenvalue weighted by molar-refractivity contribution is 9.10. The standard InChI is InChI=1S/C19H17BrN4O3S/c1-25-11-5-6-12(15(9-11)26-2)17-21-14-7-4-10(20)8-13(14)16-18(27-17)22-19(28-3)24-23-16/h4-9,17,21H,1-3H3/t17-/m0/s1. The van der Waals surface area contributed by atoms with Crippen LogP contribution in [0.5, 0.6) is 17.4 Å². The fourth-order valence-corrected chi connectivity index (χ4v) is 3.59. The van der Waals surface area contributed by atoms with Crippen LogP contribution in [0.1, 0.15) is 11.8 Å². The van der Waals surface area contributed by atoms with Crippen LogP contribution in [0.2, 0.25) is 0 Å². The molecule has 7 nitrogen and oxygen atoms in total. The lowest BCUT2D eigenvalue weighted by Gasteiger charge is -2.21. The monoisotopic (exact) mass is 460 g/mol. The zero-order valence-electron chi connectivity index (χ0n) is 15.4. The first-order valence-electron chi connectivity index (χ1n) is 8.36. The molecule has 28 heavy (non-hydrogen) atoms. The third kappa shape index (κ3) is 3.47. The second-order valence-electron chi connectivity index (χ2n) is 5.89. The third-order valence-electron chi connectivity index (χ3n) is 4.29. The lowest BCUT2D eigenvalue weighted by molar-refractivity contribution is 0.219. The van der Waals surface area contributed by atoms with Crippen molar-refractivity contribution in [2.45, 2.75) is 11.4 Å². The zero-order chi connectivity index (χ0) is 19.7. The molecule has 144 valence electrons. The number of hydrogen-bond donors (Lipinski definition) is 1. The van der Waals surface area contributed by atoms with E-state index in [9.17, 15) is 0 Å². The van der Waals surface area contributed by atoms with Gasteiger partial charge in [0, 0.05) is 21.8 Å². The molecule has 0 unspecified atom stereocenters. The summed E-state index contributed by atoms with van der Waals surface area (Å²) in [5.74, 6) is 1.75. The Hall–Kier alpha value is -2.52. The first-order chi connectivity index (χ1) is 13.6. The van der Waals surface area contributed by atoms with Gasteiger partial charge in [-0.05, 0) is 36.6 Å². The molecule has 2 heterocycles. The van der Waals surface area contributed by atoms with Crippen LogP contribution >= 0.6 is 27.7 Å². The summed E-state index contributed by atoms with van der Waals surface area (Å²) >= 11 is 4.93. The number of nitrogens with one attached hydrogen (secondary N) is 1. The highest BCUT2D eigenvalue weighted by Gasteiger charge is 2.28. The van der Waals surface area contributed by atoms with Gasteiger partial charge in [0.1, 0.15) is 11.5 Å². The maximum absolute atomic E-state index is 6.25. The van der Waals surface area contributed by atoms with Crippen LogP contribution in [-0.4, -0.2) is 35.7 Å². The maximum Gasteiger partial charge on any atom is 0.247 e. The van der Waals surface area contributed by atoms with Gasteiger partial charge < -0.3 is 19.5 Å². The van der Waals surface area contributed by atoms with Crippen LogP contribution in [0.25, 0.3) is 11.3 Å². The molecule has 9 heteroatoms. The lowest BCUT2D eigenvalue weighted by atomic mass is 10.1. The fraction of sp³-hybridized carbons (Fsp3) is 0.211. The number of fused-ring (bicyclic) bond motifs is 3. The van der Waals surface area contributed by atoms with Crippen molar-refractivity contribution in [3.63, 3.8) is 0 Å². The number of aromatic nitrogens is 3. The Kier molecular flexibility index (Phi) is 5.27. The quantitative estimate of drug-likeness (QED) is 0.568. The van der Waals surface area contributed by atoms with Crippen LogP contribution < -0.4 is 19.5 Å². The minimum atomic E-state index is -0.534. The number of ether oxygens (including phenoxy) is 3. The normalized spacial score (nSPS) is 14.8. The van der Waals surface area contributed by atoms with Crippen molar-refractivity contribution in [3.05, 3.63) is 46.4 Å². The van der Waals surface area contributed by atoms with Gasteiger partial charge in [-0.2, -0.15) is 4.98 Å². The van der Waals surface area contributed by atoms with Gasteiger partial charge in [-0.25, -0.2) is 0 Å². The molecule has 1 aliphatic rings. The SMILES string of the molecule is COc1ccc([C@H]2Nc3ccc(Br)cc3-c3nnc(SC)nc3O2)c(OC)c1. The molecule has 3 aromatic rings. The molecule has 1 aliphatic heterocycles. The van der Waals surface area contributed by atoms with E-state index in [-0.39, 0.29) is 0 Å². The van der Waals surface area contributed by atoms with Crippen molar-refractivity contribution in [3.8, 4) is 28.6 Å². The van der Waals surface area contributed by atoms with Crippen LogP contribution in [0, 0.1) is 0 Å². The molecule has 0 saturated heterocycles. The number of hydrogen-bond acceptors (Lipinski definition) is 8. The van der Waals surface area contributed by atoms with Crippen LogP contribution in [-0.2, 0) is 0 Å². The van der Waals surface area contributed by atoms with Gasteiger partial charge in [-0.3, -0.25) is 0 Å². The van der Waals surface area contributed by atoms with Crippen LogP contribution in [0.4, 0.5) is 5.69 Å². The van der Waals surface area contributed by atoms with E-state index in [0.717, 1.165) is 21.3 Å². The van der Waals surface area contributed by atoms with Crippen molar-refractivity contribution in [2.75, 3.05) is 25.8 Å². The molecule has 4 rings (SSSR count). The number of rotatable bonds is 4. The van der Waals surface area contributed by atoms with Gasteiger partial charge in [0.2, 0.25) is 17.3 Å². The van der Waals surface area contributed by atoms with Gasteiger partial charge in [0.05, 0.1) is 19.8 Å². The smallest absolute Gasteiger partial charge is 0.247 e. The largest absolute Gasteiger partial charge is 0.497 e. The first kappa shape index (κ1) is 18.8. The molecule has 0 spiro atoms. The van der Waals surface area contributed by atoms with Crippen molar-refractivity contribution >= 4 is 33.4 Å². The van der Waals surface area contributed by atoms with Crippen molar-refractivity contribution in [1.82, 2.24) is 15.2 Å². The third-order valence-corrected chi connectivity index (χ3v) is 5.33. The summed E-state index contributed by atoms with van der Waals surface area (Å²) in [6.07, 6.45) is 1.36. The molecule has 0 aliphatic carbocycles. The Bertz CT molecular complexity index is 1030. The molecule has 1 aromatic heterocycles. The molecule has 0 saturated carbocycles. The van der Waals surface area contributed by atoms with E-state index in [1.807, 2.05) is 42.7 Å². The molecule has 0 fully saturated rings. The number of anilines is 1. The number of benzene rings is 2. The minimum absolute atomic E-state index is 0.409. The van der Waals surface area contributed by atoms with Gasteiger partial charge in [0.25, 0.3) is 0 Å². The second kappa shape index (κ2) is 7.84. The number of thioether (sulfide) groups is 1. The predicted octanol–water partition coefficient (Wildman–Crippen LogP) is 4.54. The molecule has 0 radical (unpaired) electrons. The number of nitrogens with zero attached hydrogens (tertiary/aromatic N) is 3. The highest BCUT2D eigenvalue weighted by atomic mass is 79.9. The molecular formula is C19H17BrN4O3S. The van der Waals surface area contributed by atoms with E-state index in [1.54, 1.807) is 14.2 Å². The van der Waals surface area contributed by atoms with Gasteiger partial charge in [0.15, 0.2) is 5.69 Å². The fourth-order valence-electron chi connectivity index (χ4n) is 2.93. The van der Waals surface area contributed by atoms with Crippen molar-refractivity contribution in [2.24, 2.45) is 0 Å². The summed E-state index contributed by atoms with van der Waals surface area (Å²) in [5, 5.41) is 12.5. The molecule has 1 atom stereocenters. The van der Waals surface area contributed by atoms with Gasteiger partial charge in [-0.1, -0.05) is 27.7 Å². The second-order valence-corrected chi connectivity index (χ2v) is 7.58. The Balaban J connectivity index is 1.87. The van der Waals surface area contributed by atoms with E-state index in [2.05, 4.69) is 36.4 Å². The maximum atomic E-state index is 6.25. The molecular weight excluding hydrogens is 444 g/mol. The summed E-state index contributed by atoms with van der Waals surface area (Å²) in [5.41, 5.74) is 3.11. The van der Waals surface area contributed by atoms with E-state index in [1.165, 1.54) is 11.8 Å². The summed E-state index contributed by atoms with van der Waals surface area (Å²) in [6, 6.07) is 11.5. The molecule has 1 N–H and O–H groups in total. The topological polar surface area (TPSA) is 78.4 Å². The summed E-state index contributed by atoms with van der Waals surface area (Å²) < 4.78 is 18.0. The summed E-state index contributed by atoms with van der Waals surface area (Å²) in [7, 11) is 3.23. The van der Waals surface area contributed by atoms with Gasteiger partial charge in [-0.15, -0.1) is 10.2 Å². The average Bonchev–Trinajstić information content (AvgIpc) is 2.89. The molecule has 0 amide bonds. The number of methoxy groups -OCH3 is 2. The summed E-state index contributed by atoms with van der Waals surface area (Å²) in [4.78, 5) is 4.53. The summed E-state index contributed by atoms with van der Waals surface area (Å²) in [6.45, 7) is 0. The van der Waals surface area contributed by atoms with Crippen LogP contribution in [0.15, 0.2) is 46.0 Å². The van der Waals surface area contributed by atoms with E-state index in [4.69, 9.17) is 14.2 Å². The van der Waals surface area contributed by atoms with Gasteiger partial charge >= 0.3 is 0 Å². The lowest BCUT2D eigenvalue weighted by Crippen LogP contribution is -2.18. The van der Waals surface area contributed by atoms with Crippen molar-refractivity contribution in [1.29, 1.82) is 0 Å². The number of halogens is 1. The van der Waals surface area contributed by atoms with Crippen LogP contribution in [0.3, 0.4) is 0 Å². The zero-order valence-corrected chi connectivity index (χ0v) is 17.8. The van der Waals surface area contributed by atoms with E-state index < -0.39 is 6.23 Å². The van der Waals surface area contributed by atoms with E-state index >= 15 is 0 Å². The highest BCUT2D eigenvalue weighted by Crippen LogP contribution is 2.42. The predicted molar refractivity (Wildman–Crippen MR) is 111 cm³/mol. The molecule has 2 aromatic carbocycles. The Morgan fingerprint density at radius 2 is 1.96 bits per heavy atom. The first-order valence-corrected chi connectivity index (χ1v) is 10.4. The van der Waals surface area contributed by atoms with E-state index in [0.29, 0.717) is 28.2 Å². The Morgan fingerprint density at radius 3 is 2.71 bits per heavy atom. The average molecular weight is 461 g/mol. The molecule has 0 bridgehead atoms.